The van der Waals surface area contributed by atoms with Crippen LogP contribution in [0.2, 0.25) is 0 Å². The van der Waals surface area contributed by atoms with Gasteiger partial charge in [0.2, 0.25) is 11.8 Å². The third kappa shape index (κ3) is 4.72. The Hall–Kier alpha value is -3.95. The molecule has 0 bridgehead atoms. The molecule has 2 aliphatic rings. The molecule has 0 saturated carbocycles. The van der Waals surface area contributed by atoms with Crippen molar-refractivity contribution in [3.63, 3.8) is 0 Å². The summed E-state index contributed by atoms with van der Waals surface area (Å²) in [5.41, 5.74) is 2.71. The molecule has 5 rings (SSSR count). The number of hydrogen-bond acceptors (Lipinski definition) is 5. The summed E-state index contributed by atoms with van der Waals surface area (Å²) in [6.45, 7) is 6.85. The number of H-pyrrole nitrogens is 1. The van der Waals surface area contributed by atoms with Crippen LogP contribution in [0.1, 0.15) is 49.5 Å². The van der Waals surface area contributed by atoms with Crippen LogP contribution >= 0.6 is 0 Å². The van der Waals surface area contributed by atoms with Crippen molar-refractivity contribution < 1.29 is 18.8 Å². The highest BCUT2D eigenvalue weighted by Crippen LogP contribution is 2.39. The predicted molar refractivity (Wildman–Crippen MR) is 147 cm³/mol. The van der Waals surface area contributed by atoms with Crippen molar-refractivity contribution in [3.05, 3.63) is 59.7 Å². The Bertz CT molecular complexity index is 1410. The summed E-state index contributed by atoms with van der Waals surface area (Å²) in [5.74, 6) is -1.59. The Kier molecular flexibility index (Phi) is 7.05. The largest absolute Gasteiger partial charge is 0.345 e. The molecule has 3 heterocycles. The summed E-state index contributed by atoms with van der Waals surface area (Å²) in [7, 11) is 1.80. The first kappa shape index (κ1) is 26.6. The van der Waals surface area contributed by atoms with Crippen LogP contribution in [-0.2, 0) is 16.0 Å². The topological polar surface area (TPSA) is 102 Å². The zero-order valence-electron chi connectivity index (χ0n) is 22.8. The van der Waals surface area contributed by atoms with Crippen molar-refractivity contribution in [1.82, 2.24) is 25.1 Å². The maximum Gasteiger partial charge on any atom is 0.254 e. The number of aromatic amines is 1. The predicted octanol–water partition coefficient (Wildman–Crippen LogP) is 3.32. The summed E-state index contributed by atoms with van der Waals surface area (Å²) >= 11 is 0. The van der Waals surface area contributed by atoms with E-state index in [1.807, 2.05) is 39.0 Å². The van der Waals surface area contributed by atoms with Crippen LogP contribution in [0.25, 0.3) is 11.0 Å². The molecule has 3 aromatic rings. The molecule has 2 saturated heterocycles. The van der Waals surface area contributed by atoms with Crippen LogP contribution in [-0.4, -0.2) is 75.9 Å². The molecule has 1 atom stereocenters. The number of benzene rings is 2. The number of imidazole rings is 1. The second-order valence-electron chi connectivity index (χ2n) is 10.9. The van der Waals surface area contributed by atoms with E-state index in [9.17, 15) is 18.8 Å². The number of fused-ring (bicyclic) bond motifs is 1. The zero-order chi connectivity index (χ0) is 27.9. The Balaban J connectivity index is 1.32. The van der Waals surface area contributed by atoms with E-state index in [0.29, 0.717) is 39.0 Å². The average molecular weight is 535 g/mol. The molecule has 10 heteroatoms. The molecule has 1 aromatic heterocycles. The van der Waals surface area contributed by atoms with Gasteiger partial charge in [-0.05, 0) is 61.1 Å². The second kappa shape index (κ2) is 10.3. The fourth-order valence-corrected chi connectivity index (χ4v) is 5.78. The molecule has 2 N–H and O–H groups in total. The number of amides is 3. The Morgan fingerprint density at radius 3 is 2.59 bits per heavy atom. The lowest BCUT2D eigenvalue weighted by Gasteiger charge is -2.44. The van der Waals surface area contributed by atoms with Crippen molar-refractivity contribution in [1.29, 1.82) is 0 Å². The van der Waals surface area contributed by atoms with Gasteiger partial charge >= 0.3 is 0 Å². The molecule has 1 spiro atoms. The van der Waals surface area contributed by atoms with E-state index in [-0.39, 0.29) is 23.3 Å². The number of aromatic nitrogens is 2. The van der Waals surface area contributed by atoms with E-state index in [2.05, 4.69) is 20.2 Å². The molecule has 2 fully saturated rings. The summed E-state index contributed by atoms with van der Waals surface area (Å²) in [6.07, 6.45) is 3.25. The monoisotopic (exact) mass is 534 g/mol. The van der Waals surface area contributed by atoms with Gasteiger partial charge in [0.1, 0.15) is 17.4 Å². The molecule has 2 aliphatic heterocycles. The molecule has 0 radical (unpaired) electrons. The second-order valence-corrected chi connectivity index (χ2v) is 10.9. The normalized spacial score (nSPS) is 17.9. The van der Waals surface area contributed by atoms with Crippen molar-refractivity contribution in [2.45, 2.75) is 51.6 Å². The van der Waals surface area contributed by atoms with E-state index in [4.69, 9.17) is 0 Å². The van der Waals surface area contributed by atoms with Crippen LogP contribution in [0, 0.1) is 11.7 Å². The molecule has 0 aliphatic carbocycles. The fourth-order valence-electron chi connectivity index (χ4n) is 5.78. The van der Waals surface area contributed by atoms with Gasteiger partial charge in [-0.3, -0.25) is 14.4 Å². The molecular weight excluding hydrogens is 499 g/mol. The number of aryl methyl sites for hydroxylation is 1. The number of likely N-dealkylation sites (tertiary alicyclic amines) is 1. The van der Waals surface area contributed by atoms with E-state index < -0.39 is 23.3 Å². The van der Waals surface area contributed by atoms with Crippen LogP contribution in [0.5, 0.6) is 0 Å². The third-order valence-electron chi connectivity index (χ3n) is 8.14. The number of anilines is 1. The van der Waals surface area contributed by atoms with Gasteiger partial charge in [0.25, 0.3) is 5.91 Å². The Labute approximate surface area is 227 Å². The molecule has 39 heavy (non-hydrogen) atoms. The number of rotatable bonds is 6. The van der Waals surface area contributed by atoms with Crippen molar-refractivity contribution in [2.75, 3.05) is 31.7 Å². The zero-order valence-corrected chi connectivity index (χ0v) is 22.8. The number of nitrogens with one attached hydrogen (secondary N) is 2. The Morgan fingerprint density at radius 2 is 1.90 bits per heavy atom. The van der Waals surface area contributed by atoms with Gasteiger partial charge in [0.05, 0.1) is 29.6 Å². The summed E-state index contributed by atoms with van der Waals surface area (Å²) < 4.78 is 14.4. The molecule has 206 valence electrons. The number of hydrogen-bond donors (Lipinski definition) is 2. The number of carbonyl (C=O) groups is 3. The standard InChI is InChI=1S/C29H35FN6O3/c1-5-19-6-8-22(30)21(14-19)26(37)33-25(18(2)3)27(38)35-12-10-29(11-13-35)28(39)34(4)17-36(29)20-7-9-23-24(15-20)32-16-31-23/h6-9,14-16,18,25H,5,10-13,17H2,1-4H3,(H,31,32)(H,33,37). The van der Waals surface area contributed by atoms with E-state index in [0.717, 1.165) is 22.3 Å². The van der Waals surface area contributed by atoms with Gasteiger partial charge in [0, 0.05) is 25.8 Å². The van der Waals surface area contributed by atoms with Crippen molar-refractivity contribution in [3.8, 4) is 0 Å². The number of likely N-dealkylation sites (N-methyl/N-ethyl adjacent to an activating group) is 1. The highest BCUT2D eigenvalue weighted by Gasteiger charge is 2.53. The van der Waals surface area contributed by atoms with Gasteiger partial charge in [-0.15, -0.1) is 0 Å². The summed E-state index contributed by atoms with van der Waals surface area (Å²) in [6, 6.07) is 9.59. The molecule has 1 unspecified atom stereocenters. The van der Waals surface area contributed by atoms with Crippen LogP contribution in [0.4, 0.5) is 10.1 Å². The molecule has 2 aromatic carbocycles. The minimum Gasteiger partial charge on any atom is -0.345 e. The smallest absolute Gasteiger partial charge is 0.254 e. The summed E-state index contributed by atoms with van der Waals surface area (Å²) in [4.78, 5) is 53.1. The lowest BCUT2D eigenvalue weighted by Crippen LogP contribution is -2.60. The Morgan fingerprint density at radius 1 is 1.15 bits per heavy atom. The molecular formula is C29H35FN6O3. The van der Waals surface area contributed by atoms with Crippen LogP contribution in [0.3, 0.4) is 0 Å². The highest BCUT2D eigenvalue weighted by atomic mass is 19.1. The van der Waals surface area contributed by atoms with Gasteiger partial charge in [-0.1, -0.05) is 26.8 Å². The highest BCUT2D eigenvalue weighted by molar-refractivity contribution is 5.98. The maximum atomic E-state index is 14.4. The fraction of sp³-hybridized carbons (Fsp3) is 0.448. The lowest BCUT2D eigenvalue weighted by molar-refractivity contribution is -0.139. The van der Waals surface area contributed by atoms with Gasteiger partial charge in [0.15, 0.2) is 0 Å². The number of piperidine rings is 1. The first-order valence-corrected chi connectivity index (χ1v) is 13.5. The van der Waals surface area contributed by atoms with E-state index >= 15 is 0 Å². The van der Waals surface area contributed by atoms with Crippen LogP contribution < -0.4 is 10.2 Å². The first-order chi connectivity index (χ1) is 18.6. The van der Waals surface area contributed by atoms with Crippen LogP contribution in [0.15, 0.2) is 42.7 Å². The molecule has 9 nitrogen and oxygen atoms in total. The SMILES string of the molecule is CCc1ccc(F)c(C(=O)NC(C(=O)N2CCC3(CC2)C(=O)N(C)CN3c2ccc3nc[nH]c3c2)C(C)C)c1. The lowest BCUT2D eigenvalue weighted by atomic mass is 9.85. The minimum atomic E-state index is -0.808. The average Bonchev–Trinajstić information content (AvgIpc) is 3.50. The quantitative estimate of drug-likeness (QED) is 0.505. The van der Waals surface area contributed by atoms with Gasteiger partial charge in [-0.25, -0.2) is 9.37 Å². The van der Waals surface area contributed by atoms with Crippen molar-refractivity contribution in [2.24, 2.45) is 5.92 Å². The number of nitrogens with zero attached hydrogens (tertiary/aromatic N) is 4. The maximum absolute atomic E-state index is 14.4. The van der Waals surface area contributed by atoms with Gasteiger partial charge < -0.3 is 25.0 Å². The summed E-state index contributed by atoms with van der Waals surface area (Å²) in [5, 5.41) is 2.78. The number of carbonyl (C=O) groups excluding carboxylic acids is 3. The van der Waals surface area contributed by atoms with E-state index in [1.54, 1.807) is 29.2 Å². The van der Waals surface area contributed by atoms with Gasteiger partial charge in [-0.2, -0.15) is 0 Å². The molecule has 3 amide bonds. The van der Waals surface area contributed by atoms with E-state index in [1.165, 1.54) is 12.1 Å². The van der Waals surface area contributed by atoms with Crippen molar-refractivity contribution >= 4 is 34.4 Å². The number of halogens is 1. The third-order valence-corrected chi connectivity index (χ3v) is 8.14. The first-order valence-electron chi connectivity index (χ1n) is 13.5. The minimum absolute atomic E-state index is 0.0410.